The van der Waals surface area contributed by atoms with Crippen LogP contribution in [0.4, 0.5) is 0 Å². The van der Waals surface area contributed by atoms with Gasteiger partial charge in [0.05, 0.1) is 0 Å². The molecule has 13 heavy (non-hydrogen) atoms. The van der Waals surface area contributed by atoms with Gasteiger partial charge >= 0.3 is 0 Å². The summed E-state index contributed by atoms with van der Waals surface area (Å²) >= 11 is 0. The number of nitrogens with zero attached hydrogens (tertiary/aromatic N) is 3. The Balaban J connectivity index is -0.0000000450. The Morgan fingerprint density at radius 2 is 0.692 bits per heavy atom. The third-order valence-electron chi connectivity index (χ3n) is 0. The Morgan fingerprint density at radius 1 is 0.692 bits per heavy atom. The van der Waals surface area contributed by atoms with Gasteiger partial charge in [0.1, 0.15) is 0 Å². The molecule has 0 aromatic carbocycles. The predicted octanol–water partition coefficient (Wildman–Crippen LogP) is -1.04. The Labute approximate surface area is 102 Å². The predicted molar refractivity (Wildman–Crippen MR) is 26.3 cm³/mol. The molecule has 0 rings (SSSR count). The van der Waals surface area contributed by atoms with Gasteiger partial charge in [-0.15, -0.1) is 30.3 Å². The molecule has 12 nitrogen and oxygen atoms in total. The van der Waals surface area contributed by atoms with Crippen molar-refractivity contribution in [2.24, 2.45) is 0 Å². The first-order chi connectivity index (χ1) is 5.20. The molecule has 0 atom stereocenters. The van der Waals surface area contributed by atoms with E-state index in [4.69, 9.17) is 46.0 Å². The minimum absolute atomic E-state index is 0. The molecule has 0 unspecified atom stereocenters. The van der Waals surface area contributed by atoms with E-state index in [1.165, 1.54) is 0 Å². The quantitative estimate of drug-likeness (QED) is 0.368. The molecule has 0 aliphatic rings. The Morgan fingerprint density at radius 3 is 0.692 bits per heavy atom. The summed E-state index contributed by atoms with van der Waals surface area (Å²) in [6, 6.07) is 0. The number of hydrogen-bond donors (Lipinski definition) is 3. The third-order valence-corrected chi connectivity index (χ3v) is 0. The molecule has 0 saturated heterocycles. The molecule has 0 bridgehead atoms. The first kappa shape index (κ1) is 22.7. The summed E-state index contributed by atoms with van der Waals surface area (Å²) in [7, 11) is 0. The first-order valence-corrected chi connectivity index (χ1v) is 1.70. The minimum atomic E-state index is -1.50. The molecule has 0 aliphatic heterocycles. The van der Waals surface area contributed by atoms with E-state index in [1.807, 2.05) is 0 Å². The van der Waals surface area contributed by atoms with E-state index in [1.54, 1.807) is 0 Å². The standard InChI is InChI=1S/Ce.3HNO3/c;3*2-1(3)4/h;3*(H,2,3,4). The maximum atomic E-state index is 8.36. The molecule has 0 heterocycles. The van der Waals surface area contributed by atoms with Gasteiger partial charge in [-0.05, 0) is 0 Å². The summed E-state index contributed by atoms with van der Waals surface area (Å²) in [5, 5.41) is 40.9. The van der Waals surface area contributed by atoms with E-state index < -0.39 is 15.3 Å². The molecule has 0 amide bonds. The smallest absolute Gasteiger partial charge is 0.291 e. The zero-order chi connectivity index (χ0) is 10.7. The maximum Gasteiger partial charge on any atom is 0.291 e. The van der Waals surface area contributed by atoms with Crippen molar-refractivity contribution in [2.75, 3.05) is 0 Å². The minimum Gasteiger partial charge on any atom is -0.328 e. The molecule has 0 fully saturated rings. The zero-order valence-electron chi connectivity index (χ0n) is 5.63. The average Bonchev–Trinajstić information content (AvgIpc) is 1.54. The molecule has 3 N–H and O–H groups in total. The van der Waals surface area contributed by atoms with Gasteiger partial charge in [-0.3, -0.25) is 0 Å². The molecule has 0 spiro atoms. The van der Waals surface area contributed by atoms with Gasteiger partial charge < -0.3 is 15.6 Å². The van der Waals surface area contributed by atoms with Crippen LogP contribution in [0, 0.1) is 72.1 Å². The molecule has 0 aromatic heterocycles. The van der Waals surface area contributed by atoms with E-state index in [0.717, 1.165) is 0 Å². The van der Waals surface area contributed by atoms with Gasteiger partial charge in [-0.1, -0.05) is 0 Å². The van der Waals surface area contributed by atoms with Gasteiger partial charge in [0, 0.05) is 41.7 Å². The van der Waals surface area contributed by atoms with Gasteiger partial charge in [0.2, 0.25) is 0 Å². The Bertz CT molecular complexity index is 112. The Kier molecular flexibility index (Phi) is 30.0. The molecule has 0 radical (unpaired) electrons. The van der Waals surface area contributed by atoms with Crippen molar-refractivity contribution in [2.45, 2.75) is 0 Å². The van der Waals surface area contributed by atoms with Crippen molar-refractivity contribution < 1.29 is 72.6 Å². The van der Waals surface area contributed by atoms with Crippen molar-refractivity contribution in [1.82, 2.24) is 0 Å². The number of hydrogen-bond acceptors (Lipinski definition) is 6. The van der Waals surface area contributed by atoms with Crippen LogP contribution < -0.4 is 0 Å². The molecule has 76 valence electrons. The van der Waals surface area contributed by atoms with Crippen LogP contribution in [0.1, 0.15) is 0 Å². The fourth-order valence-electron chi connectivity index (χ4n) is 0. The normalized spacial score (nSPS) is 5.54. The second-order valence-corrected chi connectivity index (χ2v) is 0.714. The summed E-state index contributed by atoms with van der Waals surface area (Å²) in [5.41, 5.74) is 0. The number of rotatable bonds is 0. The molecule has 13 heteroatoms. The molecule has 0 saturated carbocycles. The average molecular weight is 329 g/mol. The van der Waals surface area contributed by atoms with E-state index >= 15 is 0 Å². The van der Waals surface area contributed by atoms with Crippen molar-refractivity contribution in [3.05, 3.63) is 30.3 Å². The summed E-state index contributed by atoms with van der Waals surface area (Å²) < 4.78 is 0. The SMILES string of the molecule is O=[N+]([O-])O.O=[N+]([O-])O.O=[N+]([O-])O.[Ce]. The Hall–Kier alpha value is -1.02. The molecule has 0 aromatic rings. The van der Waals surface area contributed by atoms with Gasteiger partial charge in [-0.25, -0.2) is 0 Å². The van der Waals surface area contributed by atoms with Crippen LogP contribution in [0.3, 0.4) is 0 Å². The summed E-state index contributed by atoms with van der Waals surface area (Å²) in [6.45, 7) is 0. The van der Waals surface area contributed by atoms with Crippen LogP contribution in [-0.2, 0) is 0 Å². The van der Waals surface area contributed by atoms with Crippen molar-refractivity contribution in [3.63, 3.8) is 0 Å². The largest absolute Gasteiger partial charge is 0.328 e. The van der Waals surface area contributed by atoms with Crippen LogP contribution in [-0.4, -0.2) is 30.9 Å². The van der Waals surface area contributed by atoms with E-state index in [-0.39, 0.29) is 41.7 Å². The summed E-state index contributed by atoms with van der Waals surface area (Å²) in [5.74, 6) is 0. The van der Waals surface area contributed by atoms with Gasteiger partial charge in [0.25, 0.3) is 15.3 Å². The summed E-state index contributed by atoms with van der Waals surface area (Å²) in [4.78, 5) is 25.1. The molecule has 0 aliphatic carbocycles. The van der Waals surface area contributed by atoms with Crippen molar-refractivity contribution in [3.8, 4) is 0 Å². The van der Waals surface area contributed by atoms with E-state index in [0.29, 0.717) is 0 Å². The van der Waals surface area contributed by atoms with Gasteiger partial charge in [-0.2, -0.15) is 0 Å². The second kappa shape index (κ2) is 17.2. The van der Waals surface area contributed by atoms with Crippen molar-refractivity contribution >= 4 is 0 Å². The maximum absolute atomic E-state index is 8.36. The third kappa shape index (κ3) is 845. The van der Waals surface area contributed by atoms with Crippen LogP contribution in [0.15, 0.2) is 0 Å². The fraction of sp³-hybridized carbons (Fsp3) is 0. The van der Waals surface area contributed by atoms with Crippen LogP contribution in [0.5, 0.6) is 0 Å². The van der Waals surface area contributed by atoms with Crippen LogP contribution >= 0.6 is 0 Å². The monoisotopic (exact) mass is 329 g/mol. The first-order valence-electron chi connectivity index (χ1n) is 1.70. The summed E-state index contributed by atoms with van der Waals surface area (Å²) in [6.07, 6.45) is 0. The fourth-order valence-corrected chi connectivity index (χ4v) is 0. The second-order valence-electron chi connectivity index (χ2n) is 0.714. The van der Waals surface area contributed by atoms with Crippen LogP contribution in [0.25, 0.3) is 0 Å². The van der Waals surface area contributed by atoms with E-state index in [9.17, 15) is 0 Å². The van der Waals surface area contributed by atoms with Crippen LogP contribution in [0.2, 0.25) is 0 Å². The topological polar surface area (TPSA) is 190 Å². The molecular weight excluding hydrogens is 326 g/mol. The van der Waals surface area contributed by atoms with Gasteiger partial charge in [0.15, 0.2) is 0 Å². The zero-order valence-corrected chi connectivity index (χ0v) is 8.77. The van der Waals surface area contributed by atoms with E-state index in [2.05, 4.69) is 0 Å². The van der Waals surface area contributed by atoms with Crippen molar-refractivity contribution in [1.29, 1.82) is 0 Å². The molecular formula is H3CeN3O9.